The van der Waals surface area contributed by atoms with Crippen LogP contribution in [0.3, 0.4) is 0 Å². The van der Waals surface area contributed by atoms with Crippen molar-refractivity contribution in [2.45, 2.75) is 26.2 Å². The van der Waals surface area contributed by atoms with Crippen LogP contribution in [-0.4, -0.2) is 57.3 Å². The SMILES string of the molecule is CCOC(=O)C1CCN(C(=O)Cc2csc(NC(=O)c3cnccn3)n2)CC1. The van der Waals surface area contributed by atoms with Gasteiger partial charge >= 0.3 is 5.97 Å². The van der Waals surface area contributed by atoms with Crippen LogP contribution in [0.25, 0.3) is 0 Å². The molecule has 2 aromatic heterocycles. The molecule has 0 atom stereocenters. The van der Waals surface area contributed by atoms with Crippen molar-refractivity contribution in [1.29, 1.82) is 0 Å². The normalized spacial score (nSPS) is 14.5. The third kappa shape index (κ3) is 5.10. The Balaban J connectivity index is 1.49. The summed E-state index contributed by atoms with van der Waals surface area (Å²) in [5.41, 5.74) is 0.789. The second-order valence-corrected chi connectivity index (χ2v) is 7.13. The zero-order valence-electron chi connectivity index (χ0n) is 15.5. The predicted molar refractivity (Wildman–Crippen MR) is 102 cm³/mol. The van der Waals surface area contributed by atoms with E-state index in [1.54, 1.807) is 17.2 Å². The summed E-state index contributed by atoms with van der Waals surface area (Å²) >= 11 is 1.25. The summed E-state index contributed by atoms with van der Waals surface area (Å²) in [6, 6.07) is 0. The highest BCUT2D eigenvalue weighted by Crippen LogP contribution is 2.21. The maximum atomic E-state index is 12.5. The number of carbonyl (C=O) groups excluding carboxylic acids is 3. The monoisotopic (exact) mass is 403 g/mol. The van der Waals surface area contributed by atoms with Gasteiger partial charge in [-0.25, -0.2) is 9.97 Å². The molecule has 0 spiro atoms. The molecule has 1 saturated heterocycles. The van der Waals surface area contributed by atoms with E-state index in [1.807, 2.05) is 0 Å². The number of nitrogens with zero attached hydrogens (tertiary/aromatic N) is 4. The average Bonchev–Trinajstić information content (AvgIpc) is 3.15. The van der Waals surface area contributed by atoms with Gasteiger partial charge in [0.15, 0.2) is 5.13 Å². The molecule has 1 aliphatic heterocycles. The second kappa shape index (κ2) is 9.36. The number of likely N-dealkylation sites (tertiary alicyclic amines) is 1. The first-order valence-electron chi connectivity index (χ1n) is 9.03. The van der Waals surface area contributed by atoms with Crippen LogP contribution >= 0.6 is 11.3 Å². The Labute approximate surface area is 166 Å². The molecule has 2 aromatic rings. The van der Waals surface area contributed by atoms with Crippen molar-refractivity contribution in [2.24, 2.45) is 5.92 Å². The second-order valence-electron chi connectivity index (χ2n) is 6.27. The lowest BCUT2D eigenvalue weighted by atomic mass is 9.97. The van der Waals surface area contributed by atoms with E-state index in [4.69, 9.17) is 4.74 Å². The Morgan fingerprint density at radius 3 is 2.75 bits per heavy atom. The number of thiazole rings is 1. The smallest absolute Gasteiger partial charge is 0.309 e. The van der Waals surface area contributed by atoms with Crippen molar-refractivity contribution in [3.8, 4) is 0 Å². The molecule has 0 radical (unpaired) electrons. The van der Waals surface area contributed by atoms with Gasteiger partial charge in [-0.15, -0.1) is 11.3 Å². The molecular formula is C18H21N5O4S. The van der Waals surface area contributed by atoms with E-state index in [0.29, 0.717) is 43.4 Å². The molecule has 28 heavy (non-hydrogen) atoms. The van der Waals surface area contributed by atoms with E-state index >= 15 is 0 Å². The molecule has 0 unspecified atom stereocenters. The summed E-state index contributed by atoms with van der Waals surface area (Å²) in [4.78, 5) is 50.2. The largest absolute Gasteiger partial charge is 0.466 e. The lowest BCUT2D eigenvalue weighted by Crippen LogP contribution is -2.41. The van der Waals surface area contributed by atoms with Crippen LogP contribution in [0.1, 0.15) is 35.9 Å². The zero-order chi connectivity index (χ0) is 19.9. The van der Waals surface area contributed by atoms with E-state index in [0.717, 1.165) is 0 Å². The number of amides is 2. The van der Waals surface area contributed by atoms with Crippen LogP contribution in [0.5, 0.6) is 0 Å². The average molecular weight is 403 g/mol. The van der Waals surface area contributed by atoms with Gasteiger partial charge in [0.2, 0.25) is 5.91 Å². The van der Waals surface area contributed by atoms with E-state index < -0.39 is 5.91 Å². The molecule has 9 nitrogen and oxygen atoms in total. The number of esters is 1. The van der Waals surface area contributed by atoms with E-state index in [1.165, 1.54) is 29.9 Å². The number of piperidine rings is 1. The number of hydrogen-bond donors (Lipinski definition) is 1. The minimum absolute atomic E-state index is 0.0422. The van der Waals surface area contributed by atoms with E-state index in [-0.39, 0.29) is 29.9 Å². The van der Waals surface area contributed by atoms with E-state index in [9.17, 15) is 14.4 Å². The van der Waals surface area contributed by atoms with Crippen LogP contribution < -0.4 is 5.32 Å². The molecule has 3 heterocycles. The number of anilines is 1. The number of nitrogens with one attached hydrogen (secondary N) is 1. The van der Waals surface area contributed by atoms with Crippen LogP contribution in [0.2, 0.25) is 0 Å². The van der Waals surface area contributed by atoms with Crippen molar-refractivity contribution in [3.63, 3.8) is 0 Å². The topological polar surface area (TPSA) is 114 Å². The maximum Gasteiger partial charge on any atom is 0.309 e. The quantitative estimate of drug-likeness (QED) is 0.728. The van der Waals surface area contributed by atoms with Gasteiger partial charge in [-0.3, -0.25) is 24.7 Å². The molecule has 1 N–H and O–H groups in total. The van der Waals surface area contributed by atoms with Crippen LogP contribution in [0.15, 0.2) is 24.0 Å². The highest BCUT2D eigenvalue weighted by Gasteiger charge is 2.28. The Morgan fingerprint density at radius 2 is 2.07 bits per heavy atom. The third-order valence-electron chi connectivity index (χ3n) is 4.37. The Hall–Kier alpha value is -2.88. The number of ether oxygens (including phenoxy) is 1. The van der Waals surface area contributed by atoms with Gasteiger partial charge < -0.3 is 9.64 Å². The molecule has 3 rings (SSSR count). The van der Waals surface area contributed by atoms with Crippen LogP contribution in [0, 0.1) is 5.92 Å². The lowest BCUT2D eigenvalue weighted by molar-refractivity contribution is -0.151. The molecule has 0 aliphatic carbocycles. The lowest BCUT2D eigenvalue weighted by Gasteiger charge is -2.30. The first-order chi connectivity index (χ1) is 13.6. The minimum atomic E-state index is -0.402. The molecule has 1 aliphatic rings. The van der Waals surface area contributed by atoms with Crippen molar-refractivity contribution in [3.05, 3.63) is 35.4 Å². The zero-order valence-corrected chi connectivity index (χ0v) is 16.3. The summed E-state index contributed by atoms with van der Waals surface area (Å²) in [5.74, 6) is -0.760. The molecule has 2 amide bonds. The molecule has 0 bridgehead atoms. The van der Waals surface area contributed by atoms with E-state index in [2.05, 4.69) is 20.3 Å². The van der Waals surface area contributed by atoms with Gasteiger partial charge in [-0.2, -0.15) is 0 Å². The van der Waals surface area contributed by atoms with Crippen molar-refractivity contribution < 1.29 is 19.1 Å². The number of aromatic nitrogens is 3. The third-order valence-corrected chi connectivity index (χ3v) is 5.17. The van der Waals surface area contributed by atoms with Gasteiger partial charge in [0.05, 0.1) is 30.8 Å². The number of carbonyl (C=O) groups is 3. The summed E-state index contributed by atoms with van der Waals surface area (Å²) in [5, 5.41) is 4.80. The number of rotatable bonds is 6. The first-order valence-corrected chi connectivity index (χ1v) is 9.91. The maximum absolute atomic E-state index is 12.5. The van der Waals surface area contributed by atoms with Crippen molar-refractivity contribution >= 4 is 34.3 Å². The Kier molecular flexibility index (Phi) is 6.64. The molecule has 0 saturated carbocycles. The van der Waals surface area contributed by atoms with Crippen LogP contribution in [-0.2, 0) is 20.7 Å². The van der Waals surface area contributed by atoms with Gasteiger partial charge in [0.1, 0.15) is 5.69 Å². The minimum Gasteiger partial charge on any atom is -0.466 e. The molecule has 1 fully saturated rings. The fraction of sp³-hybridized carbons (Fsp3) is 0.444. The van der Waals surface area contributed by atoms with Gasteiger partial charge in [-0.1, -0.05) is 0 Å². The summed E-state index contributed by atoms with van der Waals surface area (Å²) in [6.45, 7) is 3.22. The highest BCUT2D eigenvalue weighted by atomic mass is 32.1. The Morgan fingerprint density at radius 1 is 1.29 bits per heavy atom. The Bertz CT molecular complexity index is 834. The van der Waals surface area contributed by atoms with Crippen molar-refractivity contribution in [2.75, 3.05) is 25.0 Å². The van der Waals surface area contributed by atoms with Crippen molar-refractivity contribution in [1.82, 2.24) is 19.9 Å². The van der Waals surface area contributed by atoms with Gasteiger partial charge in [0, 0.05) is 30.9 Å². The molecule has 148 valence electrons. The standard InChI is InChI=1S/C18H21N5O4S/c1-2-27-17(26)12-3-7-23(8-4-12)15(24)9-13-11-28-18(21-13)22-16(25)14-10-19-5-6-20-14/h5-6,10-12H,2-4,7-9H2,1H3,(H,21,22,25). The fourth-order valence-electron chi connectivity index (χ4n) is 2.91. The predicted octanol–water partition coefficient (Wildman–Crippen LogP) is 1.53. The van der Waals surface area contributed by atoms with Gasteiger partial charge in [-0.05, 0) is 19.8 Å². The van der Waals surface area contributed by atoms with Crippen LogP contribution in [0.4, 0.5) is 5.13 Å². The fourth-order valence-corrected chi connectivity index (χ4v) is 3.62. The molecular weight excluding hydrogens is 382 g/mol. The summed E-state index contributed by atoms with van der Waals surface area (Å²) in [6.07, 6.45) is 5.67. The van der Waals surface area contributed by atoms with Gasteiger partial charge in [0.25, 0.3) is 5.91 Å². The summed E-state index contributed by atoms with van der Waals surface area (Å²) < 4.78 is 5.05. The highest BCUT2D eigenvalue weighted by molar-refractivity contribution is 7.14. The number of hydrogen-bond acceptors (Lipinski definition) is 8. The first kappa shape index (κ1) is 19.9. The summed E-state index contributed by atoms with van der Waals surface area (Å²) in [7, 11) is 0. The molecule has 0 aromatic carbocycles. The molecule has 10 heteroatoms.